The Balaban J connectivity index is 3.25. The number of aliphatic hydroxyl groups excluding tert-OH is 1. The molecule has 1 atom stereocenters. The van der Waals surface area contributed by atoms with Crippen molar-refractivity contribution in [3.8, 4) is 5.75 Å². The monoisotopic (exact) mass is 310 g/mol. The van der Waals surface area contributed by atoms with Crippen LogP contribution in [0.4, 0.5) is 0 Å². The molecule has 5 heteroatoms. The van der Waals surface area contributed by atoms with Gasteiger partial charge in [-0.05, 0) is 22.7 Å². The molecule has 0 saturated heterocycles. The summed E-state index contributed by atoms with van der Waals surface area (Å²) >= 11 is 0. The van der Waals surface area contributed by atoms with E-state index in [0.29, 0.717) is 11.3 Å². The molecule has 0 amide bonds. The number of hydrogen-bond acceptors (Lipinski definition) is 4. The predicted octanol–water partition coefficient (Wildman–Crippen LogP) is 3.56. The third-order valence-corrected chi connectivity index (χ3v) is 10.1. The van der Waals surface area contributed by atoms with Crippen LogP contribution in [0.15, 0.2) is 18.2 Å². The normalized spacial score (nSPS) is 13.7. The number of aliphatic hydroxyl groups is 1. The summed E-state index contributed by atoms with van der Waals surface area (Å²) in [5.74, 6) is -0.0164. The van der Waals surface area contributed by atoms with Crippen LogP contribution in [-0.4, -0.2) is 33.4 Å². The highest BCUT2D eigenvalue weighted by atomic mass is 28.3. The van der Waals surface area contributed by atoms with Crippen molar-refractivity contribution in [3.63, 3.8) is 0 Å². The van der Waals surface area contributed by atoms with Crippen LogP contribution in [0.1, 0.15) is 42.4 Å². The van der Waals surface area contributed by atoms with E-state index < -0.39 is 19.8 Å². The highest BCUT2D eigenvalue weighted by molar-refractivity contribution is 6.81. The van der Waals surface area contributed by atoms with Gasteiger partial charge >= 0.3 is 5.97 Å². The number of hydrogen-bond donors (Lipinski definition) is 1. The molecule has 0 fully saturated rings. The number of carbonyl (C=O) groups is 1. The van der Waals surface area contributed by atoms with Crippen molar-refractivity contribution in [2.24, 2.45) is 0 Å². The van der Waals surface area contributed by atoms with Gasteiger partial charge in [-0.25, -0.2) is 4.79 Å². The molecule has 0 aliphatic rings. The summed E-state index contributed by atoms with van der Waals surface area (Å²) in [5, 5.41) is 10.8. The molecule has 1 rings (SSSR count). The number of esters is 1. The Bertz CT molecular complexity index is 517. The summed E-state index contributed by atoms with van der Waals surface area (Å²) in [6, 6.07) is 5.16. The summed E-state index contributed by atoms with van der Waals surface area (Å²) in [7, 11) is 0.884. The van der Waals surface area contributed by atoms with Crippen molar-refractivity contribution in [3.05, 3.63) is 29.3 Å². The molecule has 0 aliphatic carbocycles. The maximum atomic E-state index is 11.7. The van der Waals surface area contributed by atoms with Crippen LogP contribution in [0.25, 0.3) is 0 Å². The molecule has 118 valence electrons. The lowest BCUT2D eigenvalue weighted by molar-refractivity contribution is 0.0597. The number of methoxy groups -OCH3 is 2. The van der Waals surface area contributed by atoms with Gasteiger partial charge < -0.3 is 14.6 Å². The van der Waals surface area contributed by atoms with E-state index in [4.69, 9.17) is 9.47 Å². The molecule has 0 aromatic heterocycles. The van der Waals surface area contributed by atoms with Crippen molar-refractivity contribution in [2.75, 3.05) is 14.2 Å². The Morgan fingerprint density at radius 2 is 1.81 bits per heavy atom. The highest BCUT2D eigenvalue weighted by Gasteiger charge is 2.42. The Morgan fingerprint density at radius 3 is 2.24 bits per heavy atom. The lowest BCUT2D eigenvalue weighted by Crippen LogP contribution is -2.44. The van der Waals surface area contributed by atoms with Gasteiger partial charge in [0.15, 0.2) is 0 Å². The molecule has 0 bridgehead atoms. The van der Waals surface area contributed by atoms with Crippen LogP contribution in [-0.2, 0) is 4.74 Å². The largest absolute Gasteiger partial charge is 0.496 e. The topological polar surface area (TPSA) is 55.8 Å². The minimum atomic E-state index is -1.95. The maximum Gasteiger partial charge on any atom is 0.341 e. The molecule has 0 radical (unpaired) electrons. The molecule has 0 heterocycles. The summed E-state index contributed by atoms with van der Waals surface area (Å²) in [6.07, 6.45) is 0. The number of ether oxygens (including phenoxy) is 2. The minimum Gasteiger partial charge on any atom is -0.496 e. The quantitative estimate of drug-likeness (QED) is 0.682. The zero-order valence-corrected chi connectivity index (χ0v) is 15.0. The minimum absolute atomic E-state index is 0.0562. The van der Waals surface area contributed by atoms with Crippen LogP contribution in [0.5, 0.6) is 5.75 Å². The van der Waals surface area contributed by atoms with Crippen LogP contribution in [0.3, 0.4) is 0 Å². The highest BCUT2D eigenvalue weighted by Crippen LogP contribution is 2.44. The van der Waals surface area contributed by atoms with Crippen molar-refractivity contribution < 1.29 is 19.4 Å². The van der Waals surface area contributed by atoms with E-state index in [-0.39, 0.29) is 5.04 Å². The fourth-order valence-electron chi connectivity index (χ4n) is 1.98. The van der Waals surface area contributed by atoms with Crippen molar-refractivity contribution in [1.29, 1.82) is 0 Å². The first-order chi connectivity index (χ1) is 9.56. The van der Waals surface area contributed by atoms with Gasteiger partial charge in [-0.2, -0.15) is 0 Å². The second-order valence-corrected chi connectivity index (χ2v) is 12.3. The van der Waals surface area contributed by atoms with E-state index in [0.717, 1.165) is 5.56 Å². The van der Waals surface area contributed by atoms with E-state index in [1.807, 2.05) is 0 Å². The third kappa shape index (κ3) is 3.47. The van der Waals surface area contributed by atoms with Gasteiger partial charge in [0.25, 0.3) is 0 Å². The molecule has 4 nitrogen and oxygen atoms in total. The van der Waals surface area contributed by atoms with E-state index in [9.17, 15) is 9.90 Å². The van der Waals surface area contributed by atoms with Crippen LogP contribution >= 0.6 is 0 Å². The summed E-state index contributed by atoms with van der Waals surface area (Å²) in [5.41, 5.74) is 0.621. The standard InChI is InChI=1S/C16H26O4Si/c1-16(2,3)21(6,7)15(18)11-8-9-12(14(17)20-5)13(10-11)19-4/h8-10,15,18H,1-7H3. The van der Waals surface area contributed by atoms with E-state index in [1.54, 1.807) is 18.2 Å². The maximum absolute atomic E-state index is 11.7. The Morgan fingerprint density at radius 1 is 1.24 bits per heavy atom. The van der Waals surface area contributed by atoms with E-state index >= 15 is 0 Å². The summed E-state index contributed by atoms with van der Waals surface area (Å²) in [4.78, 5) is 11.7. The molecule has 0 spiro atoms. The van der Waals surface area contributed by atoms with Gasteiger partial charge in [0.05, 0.1) is 28.0 Å². The molecule has 0 aliphatic heterocycles. The van der Waals surface area contributed by atoms with E-state index in [1.165, 1.54) is 14.2 Å². The number of rotatable bonds is 4. The van der Waals surface area contributed by atoms with Gasteiger partial charge in [-0.15, -0.1) is 0 Å². The van der Waals surface area contributed by atoms with Crippen LogP contribution in [0, 0.1) is 0 Å². The van der Waals surface area contributed by atoms with Gasteiger partial charge in [0, 0.05) is 0 Å². The lowest BCUT2D eigenvalue weighted by atomic mass is 10.1. The SMILES string of the molecule is COC(=O)c1ccc(C(O)[Si](C)(C)C(C)(C)C)cc1OC. The zero-order chi connectivity index (χ0) is 16.4. The summed E-state index contributed by atoms with van der Waals surface area (Å²) < 4.78 is 9.99. The zero-order valence-electron chi connectivity index (χ0n) is 14.0. The van der Waals surface area contributed by atoms with Gasteiger partial charge in [-0.3, -0.25) is 0 Å². The molecule has 1 N–H and O–H groups in total. The Hall–Kier alpha value is -1.33. The first kappa shape index (κ1) is 17.7. The predicted molar refractivity (Wildman–Crippen MR) is 86.5 cm³/mol. The molecule has 21 heavy (non-hydrogen) atoms. The van der Waals surface area contributed by atoms with Crippen molar-refractivity contribution in [2.45, 2.75) is 44.6 Å². The smallest absolute Gasteiger partial charge is 0.341 e. The Kier molecular flexibility index (Phi) is 5.23. The van der Waals surface area contributed by atoms with Crippen LogP contribution < -0.4 is 4.74 Å². The third-order valence-electron chi connectivity index (χ3n) is 4.56. The second-order valence-electron chi connectivity index (χ2n) is 6.83. The van der Waals surface area contributed by atoms with E-state index in [2.05, 4.69) is 33.9 Å². The molecule has 1 unspecified atom stereocenters. The van der Waals surface area contributed by atoms with Crippen molar-refractivity contribution >= 4 is 14.0 Å². The lowest BCUT2D eigenvalue weighted by Gasteiger charge is -2.40. The fraction of sp³-hybridized carbons (Fsp3) is 0.562. The van der Waals surface area contributed by atoms with Crippen molar-refractivity contribution in [1.82, 2.24) is 0 Å². The first-order valence-corrected chi connectivity index (χ1v) is 10.1. The van der Waals surface area contributed by atoms with Gasteiger partial charge in [0.2, 0.25) is 0 Å². The van der Waals surface area contributed by atoms with Gasteiger partial charge in [-0.1, -0.05) is 39.9 Å². The summed E-state index contributed by atoms with van der Waals surface area (Å²) in [6.45, 7) is 10.8. The molecular weight excluding hydrogens is 284 g/mol. The molecule has 1 aromatic rings. The fourth-order valence-corrected chi connectivity index (χ4v) is 3.82. The van der Waals surface area contributed by atoms with Crippen LogP contribution in [0.2, 0.25) is 18.1 Å². The molecular formula is C16H26O4Si. The second kappa shape index (κ2) is 6.20. The molecule has 0 saturated carbocycles. The average Bonchev–Trinajstić information content (AvgIpc) is 2.43. The first-order valence-electron chi connectivity index (χ1n) is 7.00. The average molecular weight is 310 g/mol. The van der Waals surface area contributed by atoms with Gasteiger partial charge in [0.1, 0.15) is 11.3 Å². The number of benzene rings is 1. The Labute approximate surface area is 128 Å². The number of carbonyl (C=O) groups excluding carboxylic acids is 1. The molecule has 1 aromatic carbocycles.